The highest BCUT2D eigenvalue weighted by Crippen LogP contribution is 2.34. The molecule has 0 heterocycles. The van der Waals surface area contributed by atoms with E-state index in [1.165, 1.54) is 0 Å². The first-order chi connectivity index (χ1) is 16.0. The second-order valence-corrected chi connectivity index (χ2v) is 11.2. The van der Waals surface area contributed by atoms with E-state index in [0.29, 0.717) is 6.54 Å². The number of carbonyl (C=O) groups excluding carboxylic acids is 1. The van der Waals surface area contributed by atoms with E-state index in [0.717, 1.165) is 60.1 Å². The molecule has 0 aliphatic heterocycles. The number of rotatable bonds is 7. The van der Waals surface area contributed by atoms with E-state index in [1.54, 1.807) is 0 Å². The maximum atomic E-state index is 13.5. The van der Waals surface area contributed by atoms with Crippen molar-refractivity contribution in [3.8, 4) is 6.07 Å². The third-order valence-corrected chi connectivity index (χ3v) is 6.98. The lowest BCUT2D eigenvalue weighted by molar-refractivity contribution is -0.128. The second kappa shape index (κ2) is 10.1. The average Bonchev–Trinajstić information content (AvgIpc) is 2.82. The fraction of sp³-hybridized carbons (Fsp3) is 0.467. The fourth-order valence-electron chi connectivity index (χ4n) is 4.53. The summed E-state index contributed by atoms with van der Waals surface area (Å²) in [5.74, 6) is 0.0294. The topological polar surface area (TPSA) is 64.9 Å². The number of nitriles is 1. The highest BCUT2D eigenvalue weighted by molar-refractivity contribution is 5.88. The number of benzene rings is 2. The first-order valence-corrected chi connectivity index (χ1v) is 12.3. The van der Waals surface area contributed by atoms with Crippen LogP contribution in [0.1, 0.15) is 89.0 Å². The van der Waals surface area contributed by atoms with Gasteiger partial charge in [0.25, 0.3) is 0 Å². The molecule has 180 valence electrons. The normalized spacial score (nSPS) is 15.8. The molecule has 4 nitrogen and oxygen atoms in total. The molecule has 3 rings (SSSR count). The van der Waals surface area contributed by atoms with Gasteiger partial charge in [-0.2, -0.15) is 5.26 Å². The van der Waals surface area contributed by atoms with Crippen LogP contribution in [0.2, 0.25) is 0 Å². The molecule has 1 amide bonds. The van der Waals surface area contributed by atoms with Crippen LogP contribution in [-0.4, -0.2) is 11.4 Å². The molecule has 1 fully saturated rings. The number of nitrogens with one attached hydrogen (secondary N) is 2. The van der Waals surface area contributed by atoms with Gasteiger partial charge in [0.05, 0.1) is 11.5 Å². The van der Waals surface area contributed by atoms with Gasteiger partial charge in [-0.25, -0.2) is 0 Å². The third-order valence-electron chi connectivity index (χ3n) is 6.98. The maximum absolute atomic E-state index is 13.5. The molecule has 0 radical (unpaired) electrons. The van der Waals surface area contributed by atoms with Gasteiger partial charge in [-0.05, 0) is 66.5 Å². The van der Waals surface area contributed by atoms with Crippen molar-refractivity contribution in [2.75, 3.05) is 0 Å². The van der Waals surface area contributed by atoms with Crippen LogP contribution in [-0.2, 0) is 22.2 Å². The second-order valence-electron chi connectivity index (χ2n) is 11.2. The van der Waals surface area contributed by atoms with Crippen molar-refractivity contribution >= 4 is 11.6 Å². The minimum atomic E-state index is -0.674. The molecule has 2 aromatic carbocycles. The molecule has 1 aliphatic rings. The zero-order valence-electron chi connectivity index (χ0n) is 21.4. The SMILES string of the molecule is C=C(NC1(C(=O)NCc2ccccc2)CCCCC1)c1cc(C(C)(C)C)cc(C(C)(C)C#N)c1. The number of carbonyl (C=O) groups is 1. The molecule has 0 unspecified atom stereocenters. The van der Waals surface area contributed by atoms with Crippen LogP contribution in [0.15, 0.2) is 55.1 Å². The molecule has 1 aliphatic carbocycles. The van der Waals surface area contributed by atoms with Crippen molar-refractivity contribution in [1.82, 2.24) is 10.6 Å². The van der Waals surface area contributed by atoms with Gasteiger partial charge in [-0.3, -0.25) is 4.79 Å². The standard InChI is InChI=1S/C30H39N3O/c1-22(24-17-25(28(2,3)4)19-26(18-24)29(5,6)21-31)33-30(15-11-8-12-16-30)27(34)32-20-23-13-9-7-10-14-23/h7,9-10,13-14,17-19,33H,1,8,11-12,15-16,20H2,2-6H3,(H,32,34). The van der Waals surface area contributed by atoms with Crippen LogP contribution < -0.4 is 10.6 Å². The Morgan fingerprint density at radius 2 is 1.62 bits per heavy atom. The van der Waals surface area contributed by atoms with Crippen LogP contribution in [0.5, 0.6) is 0 Å². The van der Waals surface area contributed by atoms with Crippen molar-refractivity contribution < 1.29 is 4.79 Å². The Hall–Kier alpha value is -3.06. The van der Waals surface area contributed by atoms with E-state index in [9.17, 15) is 10.1 Å². The predicted octanol–water partition coefficient (Wildman–Crippen LogP) is 6.36. The first kappa shape index (κ1) is 25.6. The molecule has 0 aromatic heterocycles. The minimum absolute atomic E-state index is 0.0294. The zero-order valence-corrected chi connectivity index (χ0v) is 21.4. The summed E-state index contributed by atoms with van der Waals surface area (Å²) in [4.78, 5) is 13.5. The van der Waals surface area contributed by atoms with Gasteiger partial charge in [0.1, 0.15) is 5.54 Å². The number of hydrogen-bond donors (Lipinski definition) is 2. The maximum Gasteiger partial charge on any atom is 0.245 e. The van der Waals surface area contributed by atoms with Crippen LogP contribution in [0.3, 0.4) is 0 Å². The van der Waals surface area contributed by atoms with Gasteiger partial charge in [-0.15, -0.1) is 0 Å². The summed E-state index contributed by atoms with van der Waals surface area (Å²) >= 11 is 0. The Labute approximate surface area is 205 Å². The Kier molecular flexibility index (Phi) is 7.56. The van der Waals surface area contributed by atoms with E-state index >= 15 is 0 Å². The van der Waals surface area contributed by atoms with Crippen molar-refractivity contribution in [1.29, 1.82) is 5.26 Å². The van der Waals surface area contributed by atoms with Crippen molar-refractivity contribution in [2.45, 2.75) is 89.6 Å². The number of nitrogens with zero attached hydrogens (tertiary/aromatic N) is 1. The summed E-state index contributed by atoms with van der Waals surface area (Å²) in [6.45, 7) is 15.3. The molecule has 2 aromatic rings. The van der Waals surface area contributed by atoms with E-state index < -0.39 is 11.0 Å². The van der Waals surface area contributed by atoms with Crippen LogP contribution in [0.25, 0.3) is 5.70 Å². The fourth-order valence-corrected chi connectivity index (χ4v) is 4.53. The number of hydrogen-bond acceptors (Lipinski definition) is 3. The molecule has 4 heteroatoms. The Balaban J connectivity index is 1.90. The lowest BCUT2D eigenvalue weighted by Gasteiger charge is -2.38. The largest absolute Gasteiger partial charge is 0.371 e. The lowest BCUT2D eigenvalue weighted by Crippen LogP contribution is -2.57. The zero-order chi connectivity index (χ0) is 25.0. The quantitative estimate of drug-likeness (QED) is 0.508. The van der Waals surface area contributed by atoms with E-state index in [-0.39, 0.29) is 11.3 Å². The van der Waals surface area contributed by atoms with Gasteiger partial charge in [0.2, 0.25) is 5.91 Å². The van der Waals surface area contributed by atoms with E-state index in [4.69, 9.17) is 0 Å². The summed E-state index contributed by atoms with van der Waals surface area (Å²) < 4.78 is 0. The average molecular weight is 458 g/mol. The molecule has 0 bridgehead atoms. The molecule has 0 saturated heterocycles. The lowest BCUT2D eigenvalue weighted by atomic mass is 9.78. The summed E-state index contributed by atoms with van der Waals surface area (Å²) in [7, 11) is 0. The van der Waals surface area contributed by atoms with E-state index in [1.807, 2.05) is 50.2 Å². The highest BCUT2D eigenvalue weighted by atomic mass is 16.2. The minimum Gasteiger partial charge on any atom is -0.371 e. The van der Waals surface area contributed by atoms with Crippen molar-refractivity contribution in [3.05, 3.63) is 77.4 Å². The molecule has 2 N–H and O–H groups in total. The molecule has 0 spiro atoms. The molecule has 1 saturated carbocycles. The molecule has 34 heavy (non-hydrogen) atoms. The van der Waals surface area contributed by atoms with E-state index in [2.05, 4.69) is 56.2 Å². The highest BCUT2D eigenvalue weighted by Gasteiger charge is 2.40. The van der Waals surface area contributed by atoms with Crippen LogP contribution in [0, 0.1) is 11.3 Å². The van der Waals surface area contributed by atoms with Gasteiger partial charge in [0, 0.05) is 12.2 Å². The first-order valence-electron chi connectivity index (χ1n) is 12.3. The molecular formula is C30H39N3O. The van der Waals surface area contributed by atoms with Gasteiger partial charge < -0.3 is 10.6 Å². The predicted molar refractivity (Wildman–Crippen MR) is 140 cm³/mol. The Morgan fingerprint density at radius 3 is 2.21 bits per heavy atom. The summed E-state index contributed by atoms with van der Waals surface area (Å²) in [6, 6.07) is 18.7. The van der Waals surface area contributed by atoms with Crippen molar-refractivity contribution in [2.24, 2.45) is 0 Å². The summed E-state index contributed by atoms with van der Waals surface area (Å²) in [5, 5.41) is 16.5. The third kappa shape index (κ3) is 5.89. The summed E-state index contributed by atoms with van der Waals surface area (Å²) in [5.41, 5.74) is 3.50. The molecule has 0 atom stereocenters. The monoisotopic (exact) mass is 457 g/mol. The van der Waals surface area contributed by atoms with Crippen LogP contribution in [0.4, 0.5) is 0 Å². The van der Waals surface area contributed by atoms with Crippen molar-refractivity contribution in [3.63, 3.8) is 0 Å². The van der Waals surface area contributed by atoms with Gasteiger partial charge in [-0.1, -0.05) is 83.0 Å². The van der Waals surface area contributed by atoms with Gasteiger partial charge >= 0.3 is 0 Å². The van der Waals surface area contributed by atoms with Crippen LogP contribution >= 0.6 is 0 Å². The Bertz CT molecular complexity index is 1060. The summed E-state index contributed by atoms with van der Waals surface area (Å²) in [6.07, 6.45) is 4.72. The molecular weight excluding hydrogens is 418 g/mol. The number of amides is 1. The van der Waals surface area contributed by atoms with Gasteiger partial charge in [0.15, 0.2) is 0 Å². The smallest absolute Gasteiger partial charge is 0.245 e. The Morgan fingerprint density at radius 1 is 1.00 bits per heavy atom.